The van der Waals surface area contributed by atoms with Gasteiger partial charge in [0.25, 0.3) is 0 Å². The Morgan fingerprint density at radius 2 is 0.767 bits per heavy atom. The van der Waals surface area contributed by atoms with Crippen LogP contribution < -0.4 is 47.4 Å². The highest BCUT2D eigenvalue weighted by Gasteiger charge is 2.33. The fraction of sp³-hybridized carbons (Fsp3) is 0.507. The molecule has 9 aromatic rings. The highest BCUT2D eigenvalue weighted by Crippen LogP contribution is 2.33. The number of benzene rings is 3. The molecule has 4 saturated carbocycles. The maximum Gasteiger partial charge on any atom is 0.410 e. The van der Waals surface area contributed by atoms with Crippen LogP contribution in [0, 0.1) is 17.8 Å². The van der Waals surface area contributed by atoms with Crippen molar-refractivity contribution in [1.29, 1.82) is 0 Å². The molecule has 0 spiro atoms. The summed E-state index contributed by atoms with van der Waals surface area (Å²) in [6.45, 7) is 10.9. The van der Waals surface area contributed by atoms with Crippen molar-refractivity contribution in [2.45, 2.75) is 178 Å². The molecule has 8 heterocycles. The van der Waals surface area contributed by atoms with Gasteiger partial charge in [-0.25, -0.2) is 19.7 Å². The minimum atomic E-state index is -0.503. The molecule has 6 fully saturated rings. The molecule has 4 aliphatic carbocycles. The first-order chi connectivity index (χ1) is 49.8. The number of primary amides is 3. The molecule has 9 N–H and O–H groups in total. The van der Waals surface area contributed by atoms with E-state index < -0.39 is 5.60 Å². The topological polar surface area (TPSA) is 412 Å². The van der Waals surface area contributed by atoms with Crippen LogP contribution >= 0.6 is 0 Å². The first kappa shape index (κ1) is 72.0. The smallest absolute Gasteiger partial charge is 0.410 e. The molecule has 2 saturated heterocycles. The summed E-state index contributed by atoms with van der Waals surface area (Å²) in [6.07, 6.45) is 21.9. The first-order valence-electron chi connectivity index (χ1n) is 35.5. The molecule has 4 amide bonds. The van der Waals surface area contributed by atoms with Gasteiger partial charge in [0, 0.05) is 74.9 Å². The van der Waals surface area contributed by atoms with Crippen LogP contribution in [0.3, 0.4) is 0 Å². The Balaban J connectivity index is 0.000000145. The normalized spacial score (nSPS) is 21.1. The molecule has 6 atom stereocenters. The van der Waals surface area contributed by atoms with Crippen LogP contribution in [-0.4, -0.2) is 191 Å². The molecule has 544 valence electrons. The van der Waals surface area contributed by atoms with Crippen molar-refractivity contribution < 1.29 is 42.9 Å². The average molecular weight is 1410 g/mol. The van der Waals surface area contributed by atoms with Crippen LogP contribution in [0.2, 0.25) is 0 Å². The second-order valence-corrected chi connectivity index (χ2v) is 28.2. The summed E-state index contributed by atoms with van der Waals surface area (Å²) in [5.74, 6) is 2.94. The van der Waals surface area contributed by atoms with Gasteiger partial charge in [0.05, 0.1) is 41.8 Å². The average Bonchev–Trinajstić information content (AvgIpc) is 1.69. The van der Waals surface area contributed by atoms with Gasteiger partial charge >= 0.3 is 6.09 Å². The summed E-state index contributed by atoms with van der Waals surface area (Å²) in [5.41, 5.74) is 22.0. The van der Waals surface area contributed by atoms with Gasteiger partial charge in [0.2, 0.25) is 35.6 Å². The number of hydrogen-bond donors (Lipinski definition) is 6. The molecule has 32 nitrogen and oxygen atoms in total. The minimum absolute atomic E-state index is 0.0258. The number of nitrogens with one attached hydrogen (secondary N) is 3. The number of fused-ring (bicyclic) bond motifs is 3. The van der Waals surface area contributed by atoms with Gasteiger partial charge < -0.3 is 66.7 Å². The number of nitrogens with zero attached hydrogens (tertiary/aromatic N) is 17. The summed E-state index contributed by atoms with van der Waals surface area (Å²) >= 11 is 0. The Morgan fingerprint density at radius 1 is 0.447 bits per heavy atom. The first-order valence-corrected chi connectivity index (χ1v) is 35.5. The highest BCUT2D eigenvalue weighted by atomic mass is 16.6. The maximum atomic E-state index is 12.3. The third-order valence-electron chi connectivity index (χ3n) is 19.5. The van der Waals surface area contributed by atoms with Crippen LogP contribution in [-0.2, 0) is 23.9 Å². The Kier molecular flexibility index (Phi) is 23.0. The summed E-state index contributed by atoms with van der Waals surface area (Å²) < 4.78 is 29.0. The number of carbonyl (C=O) groups is 5. The van der Waals surface area contributed by atoms with Crippen molar-refractivity contribution in [3.05, 3.63) is 91.4 Å². The molecule has 32 heteroatoms. The minimum Gasteiger partial charge on any atom is -0.490 e. The van der Waals surface area contributed by atoms with Gasteiger partial charge in [-0.05, 0) is 197 Å². The van der Waals surface area contributed by atoms with Crippen LogP contribution in [0.25, 0.3) is 50.6 Å². The summed E-state index contributed by atoms with van der Waals surface area (Å²) in [6, 6.07) is 23.7. The summed E-state index contributed by atoms with van der Waals surface area (Å²) in [5, 5.41) is 35.3. The van der Waals surface area contributed by atoms with Gasteiger partial charge in [-0.2, -0.15) is 29.0 Å². The lowest BCUT2D eigenvalue weighted by atomic mass is 9.98. The molecule has 15 rings (SSSR count). The fourth-order valence-electron chi connectivity index (χ4n) is 13.9. The quantitative estimate of drug-likeness (QED) is 0.0481. The van der Waals surface area contributed by atoms with E-state index in [1.807, 2.05) is 100 Å². The number of carbonyl (C=O) groups excluding carboxylic acids is 5. The van der Waals surface area contributed by atoms with E-state index >= 15 is 0 Å². The number of aromatic nitrogens is 15. The summed E-state index contributed by atoms with van der Waals surface area (Å²) in [4.78, 5) is 85.6. The van der Waals surface area contributed by atoms with E-state index in [0.29, 0.717) is 89.8 Å². The van der Waals surface area contributed by atoms with Crippen molar-refractivity contribution in [2.75, 3.05) is 49.2 Å². The van der Waals surface area contributed by atoms with E-state index in [0.717, 1.165) is 124 Å². The van der Waals surface area contributed by atoms with E-state index in [4.69, 9.17) is 40.9 Å². The number of ether oxygens (including phenoxy) is 4. The second kappa shape index (κ2) is 32.9. The van der Waals surface area contributed by atoms with Crippen LogP contribution in [0.5, 0.6) is 17.2 Å². The molecular formula is C71H91N23O9. The van der Waals surface area contributed by atoms with Crippen LogP contribution in [0.4, 0.5) is 22.6 Å². The number of rotatable bonds is 18. The van der Waals surface area contributed by atoms with Gasteiger partial charge in [-0.15, -0.1) is 15.3 Å². The fourth-order valence-corrected chi connectivity index (χ4v) is 13.9. The highest BCUT2D eigenvalue weighted by molar-refractivity contribution is 5.79. The summed E-state index contributed by atoms with van der Waals surface area (Å²) in [7, 11) is 2.14. The zero-order valence-corrected chi connectivity index (χ0v) is 58.6. The van der Waals surface area contributed by atoms with Crippen molar-refractivity contribution in [3.8, 4) is 34.3 Å². The Labute approximate surface area is 595 Å². The zero-order chi connectivity index (χ0) is 72.2. The molecular weight excluding hydrogens is 1320 g/mol. The van der Waals surface area contributed by atoms with E-state index in [2.05, 4.69) is 88.7 Å². The SMILES string of the molecule is C=O.CC(C)(C)OC(=O)N1CCC(Oc2ccc(-n3nnc4cnc(N[C@@H]5CC[C@@H](C(N)=O)C5)nc43)cc2)CC1.CN1CCC(Oc2ccc(-n3nnc4cnc(N[C@@H]5CC[C@@H](C(N)=O)C5)nc43)cc2)CC1.NC(=O)[C@@H]1CC[C@@H](Nc2ncc3nnn(-c4ccc(OC5CCCCC5)cc4)c3n2)C1. The number of likely N-dealkylation sites (tertiary alicyclic amines) is 2. The standard InChI is InChI=1S/C26H34N8O4.C22H28N8O2.C22H27N7O2.CH2O/c1-26(2,3)38-25(36)33-12-10-20(11-13-33)37-19-8-6-18(7-9-19)34-23-21(31-32-34)15-28-24(30-23)29-17-5-4-16(14-17)22(27)35;1-29-10-8-18(9-11-29)32-17-6-4-16(5-7-17)30-21-19(27-28-30)13-24-22(26-21)25-15-3-2-14(12-15)20(23)31;23-20(30)14-6-7-15(12-14)25-22-24-13-19-21(26-22)29(28-27-19)16-8-10-18(11-9-16)31-17-4-2-1-3-5-17;1-2/h6-9,15-17,20H,4-5,10-14H2,1-3H3,(H2,27,35)(H,28,29,30);4-7,13-15,18H,2-3,8-12H2,1H3,(H2,23,31)(H,24,25,26);8-11,13-15,17H,1-7,12H2,(H2,23,30)(H,24,25,26);1H2/t16-,17-;2*14-,15-;/m111./s1. The van der Waals surface area contributed by atoms with Crippen LogP contribution in [0.15, 0.2) is 91.4 Å². The molecule has 2 aliphatic heterocycles. The van der Waals surface area contributed by atoms with Gasteiger partial charge in [0.1, 0.15) is 41.8 Å². The maximum absolute atomic E-state index is 12.3. The van der Waals surface area contributed by atoms with E-state index in [9.17, 15) is 19.2 Å². The van der Waals surface area contributed by atoms with Crippen molar-refractivity contribution in [2.24, 2.45) is 35.0 Å². The predicted molar refractivity (Wildman–Crippen MR) is 382 cm³/mol. The molecule has 3 aromatic carbocycles. The van der Waals surface area contributed by atoms with Crippen molar-refractivity contribution >= 4 is 81.9 Å². The number of piperidine rings is 2. The lowest BCUT2D eigenvalue weighted by Crippen LogP contribution is -2.44. The molecule has 103 heavy (non-hydrogen) atoms. The second-order valence-electron chi connectivity index (χ2n) is 28.2. The van der Waals surface area contributed by atoms with E-state index in [1.165, 1.54) is 19.3 Å². The number of nitrogens with two attached hydrogens (primary N) is 3. The lowest BCUT2D eigenvalue weighted by Gasteiger charge is -2.33. The Bertz CT molecular complexity index is 4340. The zero-order valence-electron chi connectivity index (χ0n) is 58.6. The van der Waals surface area contributed by atoms with Crippen molar-refractivity contribution in [3.63, 3.8) is 0 Å². The number of amides is 4. The molecule has 6 aromatic heterocycles. The molecule has 0 radical (unpaired) electrons. The van der Waals surface area contributed by atoms with Crippen molar-refractivity contribution in [1.82, 2.24) is 84.7 Å². The van der Waals surface area contributed by atoms with Crippen LogP contribution in [0.1, 0.15) is 136 Å². The van der Waals surface area contributed by atoms with Gasteiger partial charge in [-0.1, -0.05) is 22.1 Å². The molecule has 0 bridgehead atoms. The molecule has 0 unspecified atom stereocenters. The molecule has 6 aliphatic rings. The third-order valence-corrected chi connectivity index (χ3v) is 19.5. The third kappa shape index (κ3) is 18.7. The Hall–Kier alpha value is -10.8. The van der Waals surface area contributed by atoms with E-state index in [1.54, 1.807) is 37.5 Å². The van der Waals surface area contributed by atoms with Gasteiger partial charge in [-0.3, -0.25) is 14.4 Å². The largest absolute Gasteiger partial charge is 0.490 e. The monoisotopic (exact) mass is 1410 g/mol. The predicted octanol–water partition coefficient (Wildman–Crippen LogP) is 7.61. The Morgan fingerprint density at radius 3 is 1.08 bits per heavy atom. The number of anilines is 3. The number of hydrogen-bond acceptors (Lipinski definition) is 25. The van der Waals surface area contributed by atoms with Gasteiger partial charge in [0.15, 0.2) is 33.5 Å². The van der Waals surface area contributed by atoms with E-state index in [-0.39, 0.29) is 71.9 Å². The lowest BCUT2D eigenvalue weighted by molar-refractivity contribution is -0.122.